The number of nitrogens with zero attached hydrogens (tertiary/aromatic N) is 2. The summed E-state index contributed by atoms with van der Waals surface area (Å²) in [4.78, 5) is 16.9. The molecule has 0 bridgehead atoms. The van der Waals surface area contributed by atoms with Crippen LogP contribution in [0.25, 0.3) is 0 Å². The van der Waals surface area contributed by atoms with Crippen molar-refractivity contribution >= 4 is 5.91 Å². The molecule has 1 aromatic rings. The van der Waals surface area contributed by atoms with E-state index in [0.717, 1.165) is 37.9 Å². The van der Waals surface area contributed by atoms with E-state index in [4.69, 9.17) is 4.74 Å². The van der Waals surface area contributed by atoms with Gasteiger partial charge < -0.3 is 15.0 Å². The average Bonchev–Trinajstić information content (AvgIpc) is 2.58. The normalized spacial score (nSPS) is 17.6. The van der Waals surface area contributed by atoms with Crippen molar-refractivity contribution in [3.63, 3.8) is 0 Å². The molecule has 1 aromatic carbocycles. The first-order chi connectivity index (χ1) is 12.0. The Balaban J connectivity index is 1.71. The van der Waals surface area contributed by atoms with Gasteiger partial charge >= 0.3 is 0 Å². The first-order valence-electron chi connectivity index (χ1n) is 9.28. The Bertz CT molecular complexity index is 522. The Morgan fingerprint density at radius 2 is 1.92 bits per heavy atom. The Labute approximate surface area is 152 Å². The lowest BCUT2D eigenvalue weighted by molar-refractivity contribution is -0.125. The lowest BCUT2D eigenvalue weighted by Gasteiger charge is -2.29. The summed E-state index contributed by atoms with van der Waals surface area (Å²) in [6, 6.07) is 7.91. The smallest absolute Gasteiger partial charge is 0.241 e. The number of likely N-dealkylation sites (tertiary alicyclic amines) is 1. The van der Waals surface area contributed by atoms with Crippen LogP contribution in [0.4, 0.5) is 0 Å². The highest BCUT2D eigenvalue weighted by Gasteiger charge is 2.22. The van der Waals surface area contributed by atoms with Crippen LogP contribution in [0.15, 0.2) is 24.3 Å². The largest absolute Gasteiger partial charge is 0.378 e. The maximum atomic E-state index is 12.6. The van der Waals surface area contributed by atoms with Gasteiger partial charge in [0.25, 0.3) is 0 Å². The first-order valence-corrected chi connectivity index (χ1v) is 9.28. The predicted octanol–water partition coefficient (Wildman–Crippen LogP) is 2.21. The molecule has 1 fully saturated rings. The lowest BCUT2D eigenvalue weighted by Crippen LogP contribution is -2.38. The van der Waals surface area contributed by atoms with Gasteiger partial charge in [0, 0.05) is 26.2 Å². The molecule has 0 unspecified atom stereocenters. The fraction of sp³-hybridized carbons (Fsp3) is 0.650. The highest BCUT2D eigenvalue weighted by Crippen LogP contribution is 2.19. The van der Waals surface area contributed by atoms with Crippen LogP contribution in [0, 0.1) is 6.92 Å². The first kappa shape index (κ1) is 19.9. The van der Waals surface area contributed by atoms with Crippen LogP contribution in [0.2, 0.25) is 0 Å². The van der Waals surface area contributed by atoms with Crippen LogP contribution < -0.4 is 5.32 Å². The number of ether oxygens (including phenoxy) is 1. The summed E-state index contributed by atoms with van der Waals surface area (Å²) in [7, 11) is 6.03. The van der Waals surface area contributed by atoms with Gasteiger partial charge in [-0.2, -0.15) is 0 Å². The number of hydrogen-bond donors (Lipinski definition) is 1. The number of aryl methyl sites for hydroxylation is 1. The van der Waals surface area contributed by atoms with Crippen LogP contribution in [-0.4, -0.2) is 69.2 Å². The zero-order valence-electron chi connectivity index (χ0n) is 16.1. The number of rotatable bonds is 8. The van der Waals surface area contributed by atoms with E-state index < -0.39 is 0 Å². The molecule has 1 aliphatic heterocycles. The predicted molar refractivity (Wildman–Crippen MR) is 102 cm³/mol. The monoisotopic (exact) mass is 347 g/mol. The lowest BCUT2D eigenvalue weighted by atomic mass is 10.0. The molecule has 5 nitrogen and oxygen atoms in total. The molecule has 1 aliphatic rings. The minimum absolute atomic E-state index is 0.0492. The van der Waals surface area contributed by atoms with Gasteiger partial charge in [0.05, 0.1) is 6.10 Å². The number of likely N-dealkylation sites (N-methyl/N-ethyl adjacent to an activating group) is 1. The minimum atomic E-state index is -0.254. The van der Waals surface area contributed by atoms with Crippen LogP contribution in [0.1, 0.15) is 36.4 Å². The van der Waals surface area contributed by atoms with E-state index in [1.54, 1.807) is 0 Å². The van der Waals surface area contributed by atoms with Gasteiger partial charge in [-0.15, -0.1) is 0 Å². The van der Waals surface area contributed by atoms with Gasteiger partial charge in [-0.05, 0) is 52.9 Å². The Morgan fingerprint density at radius 3 is 2.52 bits per heavy atom. The summed E-state index contributed by atoms with van der Waals surface area (Å²) in [5, 5.41) is 3.05. The molecule has 140 valence electrons. The SMILES string of the molecule is Cc1ccc([C@H](C(=O)NCCCOC2CCN(C)CC2)N(C)C)cc1. The molecule has 0 radical (unpaired) electrons. The summed E-state index contributed by atoms with van der Waals surface area (Å²) in [6.45, 7) is 5.65. The molecular weight excluding hydrogens is 314 g/mol. The molecule has 25 heavy (non-hydrogen) atoms. The van der Waals surface area contributed by atoms with Crippen LogP contribution in [0.3, 0.4) is 0 Å². The quantitative estimate of drug-likeness (QED) is 0.733. The minimum Gasteiger partial charge on any atom is -0.378 e. The van der Waals surface area contributed by atoms with E-state index in [-0.39, 0.29) is 11.9 Å². The molecule has 0 spiro atoms. The van der Waals surface area contributed by atoms with Crippen molar-refractivity contribution in [3.05, 3.63) is 35.4 Å². The van der Waals surface area contributed by atoms with Gasteiger partial charge in [-0.25, -0.2) is 0 Å². The number of carbonyl (C=O) groups is 1. The third kappa shape index (κ3) is 6.42. The molecule has 5 heteroatoms. The summed E-state index contributed by atoms with van der Waals surface area (Å²) in [5.41, 5.74) is 2.23. The number of carbonyl (C=O) groups excluding carboxylic acids is 1. The second-order valence-corrected chi connectivity index (χ2v) is 7.29. The van der Waals surface area contributed by atoms with Crippen molar-refractivity contribution in [2.75, 3.05) is 47.4 Å². The second-order valence-electron chi connectivity index (χ2n) is 7.29. The van der Waals surface area contributed by atoms with Gasteiger partial charge in [0.2, 0.25) is 5.91 Å². The van der Waals surface area contributed by atoms with Crippen molar-refractivity contribution in [2.45, 2.75) is 38.3 Å². The van der Waals surface area contributed by atoms with Gasteiger partial charge in [-0.3, -0.25) is 9.69 Å². The fourth-order valence-corrected chi connectivity index (χ4v) is 3.21. The molecule has 1 N–H and O–H groups in total. The summed E-state index contributed by atoms with van der Waals surface area (Å²) >= 11 is 0. The van der Waals surface area contributed by atoms with Gasteiger partial charge in [0.1, 0.15) is 6.04 Å². The van der Waals surface area contributed by atoms with Crippen molar-refractivity contribution < 1.29 is 9.53 Å². The van der Waals surface area contributed by atoms with Crippen LogP contribution in [0.5, 0.6) is 0 Å². The molecule has 1 heterocycles. The molecule has 1 atom stereocenters. The zero-order chi connectivity index (χ0) is 18.2. The van der Waals surface area contributed by atoms with Crippen molar-refractivity contribution in [2.24, 2.45) is 0 Å². The third-order valence-electron chi connectivity index (χ3n) is 4.80. The van der Waals surface area contributed by atoms with Crippen molar-refractivity contribution in [3.8, 4) is 0 Å². The standard InChI is InChI=1S/C20H33N3O2/c1-16-6-8-17(9-7-16)19(22(2)3)20(24)21-12-5-15-25-18-10-13-23(4)14-11-18/h6-9,18-19H,5,10-15H2,1-4H3,(H,21,24)/t19-/m1/s1. The highest BCUT2D eigenvalue weighted by atomic mass is 16.5. The Kier molecular flexibility index (Phi) is 7.88. The Hall–Kier alpha value is -1.43. The summed E-state index contributed by atoms with van der Waals surface area (Å²) in [5.74, 6) is 0.0492. The second kappa shape index (κ2) is 9.90. The van der Waals surface area contributed by atoms with Crippen molar-refractivity contribution in [1.29, 1.82) is 0 Å². The fourth-order valence-electron chi connectivity index (χ4n) is 3.21. The van der Waals surface area contributed by atoms with E-state index in [2.05, 4.69) is 36.3 Å². The summed E-state index contributed by atoms with van der Waals surface area (Å²) in [6.07, 6.45) is 3.46. The molecule has 0 saturated carbocycles. The molecule has 0 aliphatic carbocycles. The van der Waals surface area contributed by atoms with E-state index in [0.29, 0.717) is 19.3 Å². The molecule has 1 saturated heterocycles. The van der Waals surface area contributed by atoms with Gasteiger partial charge in [-0.1, -0.05) is 29.8 Å². The summed E-state index contributed by atoms with van der Waals surface area (Å²) < 4.78 is 5.93. The van der Waals surface area contributed by atoms with E-state index >= 15 is 0 Å². The van der Waals surface area contributed by atoms with E-state index in [9.17, 15) is 4.79 Å². The van der Waals surface area contributed by atoms with E-state index in [1.165, 1.54) is 5.56 Å². The number of amides is 1. The van der Waals surface area contributed by atoms with Crippen molar-refractivity contribution in [1.82, 2.24) is 15.1 Å². The maximum absolute atomic E-state index is 12.6. The molecule has 0 aromatic heterocycles. The third-order valence-corrected chi connectivity index (χ3v) is 4.80. The number of nitrogens with one attached hydrogen (secondary N) is 1. The molecular formula is C20H33N3O2. The maximum Gasteiger partial charge on any atom is 0.241 e. The number of piperidine rings is 1. The van der Waals surface area contributed by atoms with Crippen LogP contribution in [-0.2, 0) is 9.53 Å². The topological polar surface area (TPSA) is 44.8 Å². The number of hydrogen-bond acceptors (Lipinski definition) is 4. The van der Waals surface area contributed by atoms with Crippen LogP contribution >= 0.6 is 0 Å². The van der Waals surface area contributed by atoms with Gasteiger partial charge in [0.15, 0.2) is 0 Å². The Morgan fingerprint density at radius 1 is 1.28 bits per heavy atom. The highest BCUT2D eigenvalue weighted by molar-refractivity contribution is 5.83. The average molecular weight is 348 g/mol. The molecule has 2 rings (SSSR count). The zero-order valence-corrected chi connectivity index (χ0v) is 16.1. The number of benzene rings is 1. The molecule has 1 amide bonds. The van der Waals surface area contributed by atoms with E-state index in [1.807, 2.05) is 31.1 Å².